The summed E-state index contributed by atoms with van der Waals surface area (Å²) in [6.07, 6.45) is 0.566. The lowest BCUT2D eigenvalue weighted by atomic mass is 10.3. The zero-order valence-electron chi connectivity index (χ0n) is 5.38. The van der Waals surface area contributed by atoms with Crippen molar-refractivity contribution in [3.63, 3.8) is 0 Å². The van der Waals surface area contributed by atoms with Crippen LogP contribution in [0.3, 0.4) is 0 Å². The summed E-state index contributed by atoms with van der Waals surface area (Å²) in [5, 5.41) is 12.9. The van der Waals surface area contributed by atoms with Gasteiger partial charge in [-0.2, -0.15) is 0 Å². The van der Waals surface area contributed by atoms with Gasteiger partial charge in [-0.1, -0.05) is 21.1 Å². The Balaban J connectivity index is 2.59. The molecule has 4 heteroatoms. The molecule has 0 atom stereocenters. The van der Waals surface area contributed by atoms with E-state index in [1.165, 1.54) is 0 Å². The molecule has 0 aliphatic rings. The molecule has 1 rings (SSSR count). The Kier molecular flexibility index (Phi) is 2.89. The van der Waals surface area contributed by atoms with Crippen molar-refractivity contribution in [3.8, 4) is 0 Å². The number of alkyl halides is 1. The fourth-order valence-corrected chi connectivity index (χ4v) is 0.915. The Morgan fingerprint density at radius 1 is 1.70 bits per heavy atom. The molecule has 0 aliphatic carbocycles. The minimum atomic E-state index is 0.119. The second-order valence-electron chi connectivity index (χ2n) is 1.89. The van der Waals surface area contributed by atoms with Crippen LogP contribution < -0.4 is 0 Å². The van der Waals surface area contributed by atoms with Crippen molar-refractivity contribution in [2.24, 2.45) is 0 Å². The second kappa shape index (κ2) is 3.73. The quantitative estimate of drug-likeness (QED) is 0.753. The zero-order valence-corrected chi connectivity index (χ0v) is 6.97. The minimum Gasteiger partial charge on any atom is -0.396 e. The normalized spacial score (nSPS) is 10.2. The monoisotopic (exact) mass is 205 g/mol. The first kappa shape index (κ1) is 7.75. The summed E-state index contributed by atoms with van der Waals surface area (Å²) < 4.78 is 4.86. The van der Waals surface area contributed by atoms with E-state index in [2.05, 4.69) is 21.1 Å². The molecule has 3 nitrogen and oxygen atoms in total. The molecule has 56 valence electrons. The fraction of sp³-hybridized carbons (Fsp3) is 0.500. The molecule has 0 fully saturated rings. The summed E-state index contributed by atoms with van der Waals surface area (Å²) in [7, 11) is 0. The van der Waals surface area contributed by atoms with Gasteiger partial charge in [0.05, 0.1) is 11.0 Å². The molecule has 0 saturated heterocycles. The van der Waals surface area contributed by atoms with Gasteiger partial charge >= 0.3 is 0 Å². The molecule has 0 amide bonds. The predicted molar refractivity (Wildman–Crippen MR) is 39.9 cm³/mol. The zero-order chi connectivity index (χ0) is 7.40. The third-order valence-electron chi connectivity index (χ3n) is 1.11. The van der Waals surface area contributed by atoms with Crippen LogP contribution in [0.1, 0.15) is 11.5 Å². The minimum absolute atomic E-state index is 0.119. The maximum absolute atomic E-state index is 8.51. The largest absolute Gasteiger partial charge is 0.396 e. The number of hydrogen-bond acceptors (Lipinski definition) is 3. The maximum Gasteiger partial charge on any atom is 0.147 e. The van der Waals surface area contributed by atoms with E-state index in [0.717, 1.165) is 11.5 Å². The summed E-state index contributed by atoms with van der Waals surface area (Å²) in [5.41, 5.74) is 0.803. The average Bonchev–Trinajstić information content (AvgIpc) is 2.37. The second-order valence-corrected chi connectivity index (χ2v) is 2.45. The van der Waals surface area contributed by atoms with Crippen LogP contribution in [-0.4, -0.2) is 16.9 Å². The van der Waals surface area contributed by atoms with Crippen molar-refractivity contribution in [3.05, 3.63) is 17.5 Å². The van der Waals surface area contributed by atoms with E-state index in [0.29, 0.717) is 11.8 Å². The van der Waals surface area contributed by atoms with Gasteiger partial charge in [-0.05, 0) is 0 Å². The molecule has 0 radical (unpaired) electrons. The molecule has 0 bridgehead atoms. The Morgan fingerprint density at radius 3 is 3.00 bits per heavy atom. The Bertz CT molecular complexity index is 199. The Morgan fingerprint density at radius 2 is 2.50 bits per heavy atom. The van der Waals surface area contributed by atoms with Crippen LogP contribution in [0.15, 0.2) is 10.6 Å². The van der Waals surface area contributed by atoms with Crippen LogP contribution in [0.4, 0.5) is 0 Å². The summed E-state index contributed by atoms with van der Waals surface area (Å²) in [5.74, 6) is 0.795. The molecular weight excluding hydrogens is 198 g/mol. The molecule has 1 aromatic rings. The van der Waals surface area contributed by atoms with E-state index in [1.54, 1.807) is 0 Å². The van der Waals surface area contributed by atoms with Crippen molar-refractivity contribution < 1.29 is 9.63 Å². The van der Waals surface area contributed by atoms with Crippen molar-refractivity contribution in [1.82, 2.24) is 5.16 Å². The number of rotatable bonds is 3. The molecule has 0 saturated carbocycles. The van der Waals surface area contributed by atoms with Crippen LogP contribution in [0, 0.1) is 0 Å². The number of hydrogen-bond donors (Lipinski definition) is 1. The first-order valence-corrected chi connectivity index (χ1v) is 4.10. The lowest BCUT2D eigenvalue weighted by Crippen LogP contribution is -1.88. The van der Waals surface area contributed by atoms with Crippen molar-refractivity contribution in [2.75, 3.05) is 6.61 Å². The van der Waals surface area contributed by atoms with Crippen LogP contribution in [0.5, 0.6) is 0 Å². The molecular formula is C6H8BrNO2. The van der Waals surface area contributed by atoms with Gasteiger partial charge in [-0.15, -0.1) is 0 Å². The summed E-state index contributed by atoms with van der Waals surface area (Å²) in [4.78, 5) is 0. The molecule has 0 spiro atoms. The smallest absolute Gasteiger partial charge is 0.147 e. The number of aliphatic hydroxyl groups is 1. The van der Waals surface area contributed by atoms with Gasteiger partial charge in [0.2, 0.25) is 0 Å². The van der Waals surface area contributed by atoms with E-state index in [-0.39, 0.29) is 6.61 Å². The van der Waals surface area contributed by atoms with Gasteiger partial charge < -0.3 is 9.63 Å². The van der Waals surface area contributed by atoms with Gasteiger partial charge in [0, 0.05) is 19.1 Å². The van der Waals surface area contributed by atoms with Gasteiger partial charge in [0.25, 0.3) is 0 Å². The van der Waals surface area contributed by atoms with Crippen molar-refractivity contribution >= 4 is 15.9 Å². The van der Waals surface area contributed by atoms with E-state index < -0.39 is 0 Å². The number of aliphatic hydroxyl groups excluding tert-OH is 1. The predicted octanol–water partition coefficient (Wildman–Crippen LogP) is 1.10. The number of nitrogens with zero attached hydrogens (tertiary/aromatic N) is 1. The van der Waals surface area contributed by atoms with E-state index in [9.17, 15) is 0 Å². The topological polar surface area (TPSA) is 46.3 Å². The van der Waals surface area contributed by atoms with E-state index in [4.69, 9.17) is 9.63 Å². The third kappa shape index (κ3) is 1.82. The van der Waals surface area contributed by atoms with Gasteiger partial charge in [-0.3, -0.25) is 0 Å². The summed E-state index contributed by atoms with van der Waals surface area (Å²) in [6.45, 7) is 0.119. The third-order valence-corrected chi connectivity index (χ3v) is 1.66. The van der Waals surface area contributed by atoms with Crippen LogP contribution >= 0.6 is 15.9 Å². The number of halogens is 1. The number of aromatic nitrogens is 1. The summed E-state index contributed by atoms with van der Waals surface area (Å²) in [6, 6.07) is 1.82. The lowest BCUT2D eigenvalue weighted by molar-refractivity contribution is 0.293. The van der Waals surface area contributed by atoms with Gasteiger partial charge in [0.15, 0.2) is 0 Å². The van der Waals surface area contributed by atoms with Crippen LogP contribution in [0.2, 0.25) is 0 Å². The first-order chi connectivity index (χ1) is 4.86. The molecule has 1 heterocycles. The molecule has 1 N–H and O–H groups in total. The molecule has 0 aliphatic heterocycles. The standard InChI is InChI=1S/C6H8BrNO2/c7-4-6-3-5(1-2-9)8-10-6/h3,9H,1-2,4H2. The molecule has 0 unspecified atom stereocenters. The SMILES string of the molecule is OCCc1cc(CBr)on1. The van der Waals surface area contributed by atoms with E-state index >= 15 is 0 Å². The first-order valence-electron chi connectivity index (χ1n) is 2.98. The lowest BCUT2D eigenvalue weighted by Gasteiger charge is -1.83. The molecule has 1 aromatic heterocycles. The van der Waals surface area contributed by atoms with Gasteiger partial charge in [-0.25, -0.2) is 0 Å². The highest BCUT2D eigenvalue weighted by Gasteiger charge is 2.00. The summed E-state index contributed by atoms with van der Waals surface area (Å²) >= 11 is 3.23. The van der Waals surface area contributed by atoms with E-state index in [1.807, 2.05) is 6.07 Å². The Hall–Kier alpha value is -0.350. The average molecular weight is 206 g/mol. The van der Waals surface area contributed by atoms with Crippen molar-refractivity contribution in [2.45, 2.75) is 11.8 Å². The van der Waals surface area contributed by atoms with Gasteiger partial charge in [0.1, 0.15) is 5.76 Å². The molecule has 10 heavy (non-hydrogen) atoms. The highest BCUT2D eigenvalue weighted by molar-refractivity contribution is 9.08. The molecule has 0 aromatic carbocycles. The van der Waals surface area contributed by atoms with Crippen molar-refractivity contribution in [1.29, 1.82) is 0 Å². The van der Waals surface area contributed by atoms with Crippen LogP contribution in [0.25, 0.3) is 0 Å². The highest BCUT2D eigenvalue weighted by Crippen LogP contribution is 2.07. The highest BCUT2D eigenvalue weighted by atomic mass is 79.9. The van der Waals surface area contributed by atoms with Crippen LogP contribution in [-0.2, 0) is 11.8 Å². The fourth-order valence-electron chi connectivity index (χ4n) is 0.651. The Labute approximate surface area is 67.2 Å². The maximum atomic E-state index is 8.51.